The molecule has 0 atom stereocenters. The Kier molecular flexibility index (Phi) is 5.71. The van der Waals surface area contributed by atoms with E-state index in [1.165, 1.54) is 0 Å². The molecule has 1 aromatic carbocycles. The molecule has 2 aromatic rings. The second-order valence-corrected chi connectivity index (χ2v) is 7.21. The maximum Gasteiger partial charge on any atom is 0.416 e. The quantitative estimate of drug-likeness (QED) is 0.547. The zero-order valence-corrected chi connectivity index (χ0v) is 16.2. The summed E-state index contributed by atoms with van der Waals surface area (Å²) in [6.45, 7) is 0. The van der Waals surface area contributed by atoms with E-state index in [0.717, 1.165) is 17.2 Å². The highest BCUT2D eigenvalue weighted by Gasteiger charge is 2.50. The van der Waals surface area contributed by atoms with E-state index in [0.29, 0.717) is 29.7 Å². The van der Waals surface area contributed by atoms with E-state index >= 15 is 0 Å². The number of anilines is 1. The Balaban J connectivity index is 2.14. The number of aliphatic carboxylic acids is 1. The Morgan fingerprint density at radius 1 is 1.06 bits per heavy atom. The molecule has 3 rings (SSSR count). The van der Waals surface area contributed by atoms with E-state index in [1.807, 2.05) is 0 Å². The van der Waals surface area contributed by atoms with Crippen LogP contribution in [-0.2, 0) is 21.9 Å². The minimum atomic E-state index is -5.06. The lowest BCUT2D eigenvalue weighted by atomic mass is 9.95. The predicted molar refractivity (Wildman–Crippen MR) is 98.7 cm³/mol. The maximum atomic E-state index is 13.1. The Morgan fingerprint density at radius 2 is 1.59 bits per heavy atom. The van der Waals surface area contributed by atoms with Gasteiger partial charge in [-0.2, -0.15) is 26.3 Å². The number of hydrogen-bond acceptors (Lipinski definition) is 3. The summed E-state index contributed by atoms with van der Waals surface area (Å²) in [6.07, 6.45) is -2.86. The van der Waals surface area contributed by atoms with Gasteiger partial charge < -0.3 is 5.11 Å². The van der Waals surface area contributed by atoms with Gasteiger partial charge in [-0.3, -0.25) is 9.69 Å². The van der Waals surface area contributed by atoms with Crippen molar-refractivity contribution in [1.82, 2.24) is 9.78 Å². The lowest BCUT2D eigenvalue weighted by Gasteiger charge is -2.34. The second kappa shape index (κ2) is 7.89. The predicted octanol–water partition coefficient (Wildman–Crippen LogP) is 4.27. The summed E-state index contributed by atoms with van der Waals surface area (Å²) in [5.41, 5.74) is -5.39. The van der Waals surface area contributed by atoms with Crippen molar-refractivity contribution < 1.29 is 41.0 Å². The highest BCUT2D eigenvalue weighted by molar-refractivity contribution is 6.09. The third-order valence-electron chi connectivity index (χ3n) is 5.22. The maximum absolute atomic E-state index is 13.1. The van der Waals surface area contributed by atoms with Gasteiger partial charge in [0.2, 0.25) is 0 Å². The van der Waals surface area contributed by atoms with E-state index < -0.39 is 46.6 Å². The number of nitrogens with zero attached hydrogens (tertiary/aromatic N) is 3. The average Bonchev–Trinajstić information content (AvgIpc) is 3.37. The van der Waals surface area contributed by atoms with Crippen molar-refractivity contribution >= 4 is 17.7 Å². The van der Waals surface area contributed by atoms with Crippen LogP contribution in [0.15, 0.2) is 30.5 Å². The van der Waals surface area contributed by atoms with Gasteiger partial charge in [0.15, 0.2) is 5.82 Å². The Morgan fingerprint density at radius 3 is 2.03 bits per heavy atom. The van der Waals surface area contributed by atoms with Gasteiger partial charge in [-0.25, -0.2) is 9.48 Å². The van der Waals surface area contributed by atoms with E-state index in [9.17, 15) is 41.0 Å². The molecular weight excluding hydrogens is 444 g/mol. The topological polar surface area (TPSA) is 75.4 Å². The number of hydrogen-bond donors (Lipinski definition) is 1. The lowest BCUT2D eigenvalue weighted by Crippen LogP contribution is -2.56. The number of benzene rings is 1. The first-order valence-corrected chi connectivity index (χ1v) is 9.19. The molecule has 0 radical (unpaired) electrons. The highest BCUT2D eigenvalue weighted by Crippen LogP contribution is 2.40. The minimum absolute atomic E-state index is 0.0277. The average molecular weight is 459 g/mol. The molecule has 1 saturated carbocycles. The van der Waals surface area contributed by atoms with Crippen LogP contribution in [0.25, 0.3) is 5.69 Å². The smallest absolute Gasteiger partial charge is 0.416 e. The van der Waals surface area contributed by atoms with E-state index in [4.69, 9.17) is 6.42 Å². The van der Waals surface area contributed by atoms with Crippen LogP contribution < -0.4 is 4.90 Å². The zero-order valence-electron chi connectivity index (χ0n) is 16.2. The normalized spacial score (nSPS) is 15.9. The van der Waals surface area contributed by atoms with Crippen molar-refractivity contribution in [3.05, 3.63) is 41.6 Å². The SMILES string of the molecule is C#CC(=O)N(c1ccn(-c2cc(C(F)(F)F)cc(C(F)(F)F)c2)n1)C1(C(=O)O)CCCC1. The van der Waals surface area contributed by atoms with Crippen LogP contribution in [0.3, 0.4) is 0 Å². The number of carboxylic acid groups (broad SMARTS) is 1. The summed E-state index contributed by atoms with van der Waals surface area (Å²) in [4.78, 5) is 25.2. The third-order valence-corrected chi connectivity index (χ3v) is 5.22. The molecule has 0 aliphatic heterocycles. The van der Waals surface area contributed by atoms with Crippen molar-refractivity contribution in [2.75, 3.05) is 4.90 Å². The number of alkyl halides is 6. The fourth-order valence-corrected chi connectivity index (χ4v) is 3.72. The van der Waals surface area contributed by atoms with Crippen LogP contribution in [0.5, 0.6) is 0 Å². The number of carbonyl (C=O) groups excluding carboxylic acids is 1. The zero-order chi connectivity index (χ0) is 23.9. The molecule has 0 spiro atoms. The Bertz CT molecular complexity index is 1060. The van der Waals surface area contributed by atoms with Crippen molar-refractivity contribution in [3.8, 4) is 18.0 Å². The number of carboxylic acids is 1. The summed E-state index contributed by atoms with van der Waals surface area (Å²) in [5, 5.41) is 13.7. The molecule has 1 fully saturated rings. The summed E-state index contributed by atoms with van der Waals surface area (Å²) in [6, 6.07) is 2.00. The van der Waals surface area contributed by atoms with E-state index in [1.54, 1.807) is 5.92 Å². The molecule has 1 heterocycles. The van der Waals surface area contributed by atoms with Gasteiger partial charge in [0, 0.05) is 12.3 Å². The van der Waals surface area contributed by atoms with Crippen molar-refractivity contribution in [2.45, 2.75) is 43.6 Å². The van der Waals surface area contributed by atoms with E-state index in [2.05, 4.69) is 5.10 Å². The van der Waals surface area contributed by atoms with Crippen molar-refractivity contribution in [2.24, 2.45) is 0 Å². The fourth-order valence-electron chi connectivity index (χ4n) is 3.72. The first-order valence-electron chi connectivity index (χ1n) is 9.19. The van der Waals surface area contributed by atoms with Crippen LogP contribution in [0.4, 0.5) is 32.2 Å². The fraction of sp³-hybridized carbons (Fsp3) is 0.350. The molecule has 0 bridgehead atoms. The Labute approximate surface area is 177 Å². The largest absolute Gasteiger partial charge is 0.479 e. The van der Waals surface area contributed by atoms with Crippen LogP contribution in [0, 0.1) is 12.3 Å². The van der Waals surface area contributed by atoms with Crippen LogP contribution in [0.1, 0.15) is 36.8 Å². The van der Waals surface area contributed by atoms with Gasteiger partial charge in [0.05, 0.1) is 16.8 Å². The highest BCUT2D eigenvalue weighted by atomic mass is 19.4. The summed E-state index contributed by atoms with van der Waals surface area (Å²) < 4.78 is 79.6. The first kappa shape index (κ1) is 23.2. The standard InChI is InChI=1S/C20H15F6N3O3/c1-2-16(30)29(18(17(31)32)6-3-4-7-18)15-5-8-28(27-15)14-10-12(19(21,22)23)9-13(11-14)20(24,25)26/h1,5,8-11H,3-4,6-7H2,(H,31,32). The first-order chi connectivity index (χ1) is 14.8. The monoisotopic (exact) mass is 459 g/mol. The molecule has 1 N–H and O–H groups in total. The van der Waals surface area contributed by atoms with Crippen molar-refractivity contribution in [1.29, 1.82) is 0 Å². The molecule has 32 heavy (non-hydrogen) atoms. The van der Waals surface area contributed by atoms with Gasteiger partial charge in [-0.1, -0.05) is 12.8 Å². The molecule has 170 valence electrons. The number of amides is 1. The van der Waals surface area contributed by atoms with Gasteiger partial charge in [0.1, 0.15) is 5.54 Å². The van der Waals surface area contributed by atoms with Crippen LogP contribution in [-0.4, -0.2) is 32.3 Å². The number of aromatic nitrogens is 2. The number of carbonyl (C=O) groups is 2. The lowest BCUT2D eigenvalue weighted by molar-refractivity contribution is -0.145. The Hall–Kier alpha value is -3.49. The third kappa shape index (κ3) is 4.15. The summed E-state index contributed by atoms with van der Waals surface area (Å²) in [7, 11) is 0. The molecule has 6 nitrogen and oxygen atoms in total. The summed E-state index contributed by atoms with van der Waals surface area (Å²) >= 11 is 0. The van der Waals surface area contributed by atoms with E-state index in [-0.39, 0.29) is 24.7 Å². The van der Waals surface area contributed by atoms with Crippen LogP contribution >= 0.6 is 0 Å². The summed E-state index contributed by atoms with van der Waals surface area (Å²) in [5.74, 6) is -0.882. The van der Waals surface area contributed by atoms with Crippen molar-refractivity contribution in [3.63, 3.8) is 0 Å². The molecule has 1 aliphatic rings. The van der Waals surface area contributed by atoms with Gasteiger partial charge >= 0.3 is 24.2 Å². The molecule has 12 heteroatoms. The molecule has 1 amide bonds. The minimum Gasteiger partial charge on any atom is -0.479 e. The molecule has 0 unspecified atom stereocenters. The second-order valence-electron chi connectivity index (χ2n) is 7.21. The van der Waals surface area contributed by atoms with Crippen LogP contribution in [0.2, 0.25) is 0 Å². The molecular formula is C20H15F6N3O3. The number of halogens is 6. The van der Waals surface area contributed by atoms with Gasteiger partial charge in [0.25, 0.3) is 0 Å². The molecule has 1 aromatic heterocycles. The molecule has 1 aliphatic carbocycles. The molecule has 0 saturated heterocycles. The number of rotatable bonds is 4. The number of terminal acetylenes is 1. The van der Waals surface area contributed by atoms with Gasteiger partial charge in [-0.15, -0.1) is 11.5 Å². The van der Waals surface area contributed by atoms with Gasteiger partial charge in [-0.05, 0) is 37.0 Å².